The van der Waals surface area contributed by atoms with Gasteiger partial charge in [0.2, 0.25) is 0 Å². The fourth-order valence-corrected chi connectivity index (χ4v) is 3.55. The van der Waals surface area contributed by atoms with Gasteiger partial charge in [0.15, 0.2) is 0 Å². The summed E-state index contributed by atoms with van der Waals surface area (Å²) in [5.41, 5.74) is 14.9. The molecule has 0 radical (unpaired) electrons. The van der Waals surface area contributed by atoms with Crippen molar-refractivity contribution in [2.24, 2.45) is 0 Å². The molecule has 0 aliphatic heterocycles. The van der Waals surface area contributed by atoms with Crippen LogP contribution in [0.1, 0.15) is 20.7 Å². The highest BCUT2D eigenvalue weighted by Gasteiger charge is 2.15. The number of carbonyl (C=O) groups is 2. The Morgan fingerprint density at radius 3 is 1.36 bits per heavy atom. The van der Waals surface area contributed by atoms with Gasteiger partial charge in [-0.25, -0.2) is 9.59 Å². The zero-order valence-electron chi connectivity index (χ0n) is 17.4. The van der Waals surface area contributed by atoms with Gasteiger partial charge in [-0.2, -0.15) is 0 Å². The van der Waals surface area contributed by atoms with Crippen LogP contribution in [-0.4, -0.2) is 16.9 Å². The molecule has 0 saturated heterocycles. The minimum absolute atomic E-state index is 0.384. The van der Waals surface area contributed by atoms with Crippen LogP contribution in [0.15, 0.2) is 84.9 Å². The Morgan fingerprint density at radius 1 is 0.576 bits per heavy atom. The van der Waals surface area contributed by atoms with Crippen LogP contribution < -0.4 is 20.9 Å². The van der Waals surface area contributed by atoms with Gasteiger partial charge in [-0.15, -0.1) is 0 Å². The summed E-state index contributed by atoms with van der Waals surface area (Å²) in [6.07, 6.45) is 0. The second kappa shape index (κ2) is 8.05. The zero-order valence-corrected chi connectivity index (χ0v) is 17.4. The topological polar surface area (TPSA) is 120 Å². The van der Waals surface area contributed by atoms with E-state index in [0.29, 0.717) is 34.0 Å². The number of carbonyl (C=O) groups excluding carboxylic acids is 2. The molecule has 0 amide bonds. The average Bonchev–Trinajstić information content (AvgIpc) is 3.19. The molecule has 33 heavy (non-hydrogen) atoms. The molecule has 1 aromatic heterocycles. The summed E-state index contributed by atoms with van der Waals surface area (Å²) in [6.45, 7) is 0. The minimum Gasteiger partial charge on any atom is -0.423 e. The molecule has 7 heteroatoms. The van der Waals surface area contributed by atoms with Crippen LogP contribution in [0.3, 0.4) is 0 Å². The van der Waals surface area contributed by atoms with E-state index >= 15 is 0 Å². The molecule has 4 aromatic carbocycles. The number of aromatic amines is 1. The number of hydrogen-bond acceptors (Lipinski definition) is 6. The van der Waals surface area contributed by atoms with E-state index in [0.717, 1.165) is 21.8 Å². The minimum atomic E-state index is -0.491. The second-order valence-electron chi connectivity index (χ2n) is 7.56. The Labute approximate surface area is 188 Å². The van der Waals surface area contributed by atoms with Gasteiger partial charge >= 0.3 is 11.9 Å². The van der Waals surface area contributed by atoms with E-state index < -0.39 is 11.9 Å². The summed E-state index contributed by atoms with van der Waals surface area (Å²) in [4.78, 5) is 28.6. The number of esters is 2. The van der Waals surface area contributed by atoms with E-state index in [2.05, 4.69) is 4.98 Å². The number of hydrogen-bond donors (Lipinski definition) is 3. The lowest BCUT2D eigenvalue weighted by molar-refractivity contribution is 0.0725. The van der Waals surface area contributed by atoms with Crippen molar-refractivity contribution >= 4 is 45.1 Å². The van der Waals surface area contributed by atoms with Gasteiger partial charge < -0.3 is 25.9 Å². The lowest BCUT2D eigenvalue weighted by Crippen LogP contribution is -2.08. The predicted octanol–water partition coefficient (Wildman–Crippen LogP) is 4.92. The van der Waals surface area contributed by atoms with Crippen molar-refractivity contribution in [2.45, 2.75) is 0 Å². The highest BCUT2D eigenvalue weighted by atomic mass is 16.5. The quantitative estimate of drug-likeness (QED) is 0.208. The largest absolute Gasteiger partial charge is 0.423 e. The fourth-order valence-electron chi connectivity index (χ4n) is 3.55. The molecule has 0 bridgehead atoms. The van der Waals surface area contributed by atoms with E-state index in [-0.39, 0.29) is 0 Å². The van der Waals surface area contributed by atoms with Crippen molar-refractivity contribution in [1.29, 1.82) is 0 Å². The van der Waals surface area contributed by atoms with Gasteiger partial charge in [-0.1, -0.05) is 0 Å². The van der Waals surface area contributed by atoms with Crippen molar-refractivity contribution in [3.8, 4) is 11.5 Å². The van der Waals surface area contributed by atoms with Gasteiger partial charge in [0, 0.05) is 33.2 Å². The number of rotatable bonds is 4. The first-order valence-electron chi connectivity index (χ1n) is 10.2. The predicted molar refractivity (Wildman–Crippen MR) is 127 cm³/mol. The number of fused-ring (bicyclic) bond motifs is 3. The Balaban J connectivity index is 1.45. The van der Waals surface area contributed by atoms with Crippen LogP contribution in [0.25, 0.3) is 21.8 Å². The zero-order chi connectivity index (χ0) is 22.9. The molecule has 162 valence electrons. The van der Waals surface area contributed by atoms with Gasteiger partial charge in [0.1, 0.15) is 11.5 Å². The number of benzene rings is 4. The summed E-state index contributed by atoms with van der Waals surface area (Å²) in [6, 6.07) is 23.7. The van der Waals surface area contributed by atoms with Crippen molar-refractivity contribution in [2.75, 3.05) is 11.5 Å². The number of nitrogens with two attached hydrogens (primary N) is 2. The first kappa shape index (κ1) is 20.1. The second-order valence-corrected chi connectivity index (χ2v) is 7.56. The maximum Gasteiger partial charge on any atom is 0.343 e. The summed E-state index contributed by atoms with van der Waals surface area (Å²) >= 11 is 0. The van der Waals surface area contributed by atoms with Gasteiger partial charge in [0.05, 0.1) is 11.1 Å². The van der Waals surface area contributed by atoms with Crippen LogP contribution in [0, 0.1) is 0 Å². The molecule has 5 N–H and O–H groups in total. The Morgan fingerprint density at radius 2 is 0.970 bits per heavy atom. The molecule has 5 rings (SSSR count). The van der Waals surface area contributed by atoms with Crippen molar-refractivity contribution in [3.63, 3.8) is 0 Å². The highest BCUT2D eigenvalue weighted by molar-refractivity contribution is 6.11. The molecule has 0 saturated carbocycles. The summed E-state index contributed by atoms with van der Waals surface area (Å²) in [7, 11) is 0. The molecule has 0 atom stereocenters. The van der Waals surface area contributed by atoms with Crippen LogP contribution in [0.4, 0.5) is 11.4 Å². The number of nitrogens with one attached hydrogen (secondary N) is 1. The van der Waals surface area contributed by atoms with Crippen LogP contribution in [0.2, 0.25) is 0 Å². The Kier molecular flexibility index (Phi) is 4.91. The maximum atomic E-state index is 12.7. The number of aromatic nitrogens is 1. The van der Waals surface area contributed by atoms with Crippen LogP contribution in [-0.2, 0) is 0 Å². The third kappa shape index (κ3) is 4.07. The average molecular weight is 437 g/mol. The third-order valence-electron chi connectivity index (χ3n) is 5.25. The van der Waals surface area contributed by atoms with E-state index in [1.165, 1.54) is 0 Å². The van der Waals surface area contributed by atoms with E-state index in [1.807, 2.05) is 0 Å². The number of anilines is 2. The van der Waals surface area contributed by atoms with Crippen LogP contribution >= 0.6 is 0 Å². The molecule has 0 spiro atoms. The van der Waals surface area contributed by atoms with Crippen molar-refractivity contribution < 1.29 is 19.1 Å². The van der Waals surface area contributed by atoms with E-state index in [1.54, 1.807) is 84.9 Å². The monoisotopic (exact) mass is 437 g/mol. The van der Waals surface area contributed by atoms with Crippen molar-refractivity contribution in [1.82, 2.24) is 4.98 Å². The smallest absolute Gasteiger partial charge is 0.343 e. The van der Waals surface area contributed by atoms with E-state index in [4.69, 9.17) is 20.9 Å². The third-order valence-corrected chi connectivity index (χ3v) is 5.25. The van der Waals surface area contributed by atoms with Gasteiger partial charge in [-0.3, -0.25) is 0 Å². The summed E-state index contributed by atoms with van der Waals surface area (Å²) < 4.78 is 10.9. The maximum absolute atomic E-state index is 12.7. The van der Waals surface area contributed by atoms with E-state index in [9.17, 15) is 9.59 Å². The SMILES string of the molecule is Nc1ccc(OC(=O)c2ccc3[nH]c4ccc(C(=O)Oc5ccc(N)cc5)cc4c3c2)cc1. The highest BCUT2D eigenvalue weighted by Crippen LogP contribution is 2.28. The van der Waals surface area contributed by atoms with Crippen LogP contribution in [0.5, 0.6) is 11.5 Å². The molecule has 1 heterocycles. The number of H-pyrrole nitrogens is 1. The molecule has 7 nitrogen and oxygen atoms in total. The Hall–Kier alpha value is -4.78. The molecular formula is C26H19N3O4. The van der Waals surface area contributed by atoms with Gasteiger partial charge in [-0.05, 0) is 84.9 Å². The summed E-state index contributed by atoms with van der Waals surface area (Å²) in [5.74, 6) is -0.174. The summed E-state index contributed by atoms with van der Waals surface area (Å²) in [5, 5.41) is 1.58. The number of nitrogen functional groups attached to an aromatic ring is 2. The molecule has 0 aliphatic rings. The first-order valence-corrected chi connectivity index (χ1v) is 10.2. The van der Waals surface area contributed by atoms with Gasteiger partial charge in [0.25, 0.3) is 0 Å². The lowest BCUT2D eigenvalue weighted by atomic mass is 10.1. The normalized spacial score (nSPS) is 10.9. The molecule has 5 aromatic rings. The fraction of sp³-hybridized carbons (Fsp3) is 0. The molecule has 0 fully saturated rings. The molecule has 0 aliphatic carbocycles. The molecular weight excluding hydrogens is 418 g/mol. The standard InChI is InChI=1S/C26H19N3O4/c27-17-3-7-19(8-4-17)32-25(30)15-1-11-23-21(13-15)22-14-16(2-12-24(22)29-23)26(31)33-20-9-5-18(28)6-10-20/h1-14,29H,27-28H2. The lowest BCUT2D eigenvalue weighted by Gasteiger charge is -2.06. The Bertz CT molecular complexity index is 1390. The molecule has 0 unspecified atom stereocenters. The first-order chi connectivity index (χ1) is 16.0. The number of ether oxygens (including phenoxy) is 2. The van der Waals surface area contributed by atoms with Crippen molar-refractivity contribution in [3.05, 3.63) is 96.1 Å².